The van der Waals surface area contributed by atoms with Gasteiger partial charge in [0.2, 0.25) is 0 Å². The summed E-state index contributed by atoms with van der Waals surface area (Å²) in [6.45, 7) is 0. The number of ether oxygens (including phenoxy) is 2. The molecule has 0 saturated carbocycles. The van der Waals surface area contributed by atoms with E-state index < -0.39 is 18.0 Å². The Morgan fingerprint density at radius 1 is 1.15 bits per heavy atom. The second kappa shape index (κ2) is 6.70. The van der Waals surface area contributed by atoms with Crippen LogP contribution in [0.4, 0.5) is 18.9 Å². The lowest BCUT2D eigenvalue weighted by atomic mass is 9.87. The van der Waals surface area contributed by atoms with Crippen LogP contribution in [-0.4, -0.2) is 29.5 Å². The number of fused-ring (bicyclic) bond motifs is 2. The van der Waals surface area contributed by atoms with Crippen molar-refractivity contribution >= 4 is 17.2 Å². The normalized spacial score (nSPS) is 21.4. The number of anilines is 1. The first-order valence-corrected chi connectivity index (χ1v) is 8.38. The number of amides is 1. The topological polar surface area (TPSA) is 60.5 Å². The van der Waals surface area contributed by atoms with E-state index in [0.29, 0.717) is 5.57 Å². The fourth-order valence-electron chi connectivity index (χ4n) is 3.52. The van der Waals surface area contributed by atoms with Gasteiger partial charge < -0.3 is 14.8 Å². The molecule has 5 nitrogen and oxygen atoms in total. The van der Waals surface area contributed by atoms with E-state index in [9.17, 15) is 18.0 Å². The van der Waals surface area contributed by atoms with Crippen LogP contribution in [0.25, 0.3) is 5.57 Å². The van der Waals surface area contributed by atoms with Gasteiger partial charge in [0.15, 0.2) is 0 Å². The molecule has 2 aliphatic heterocycles. The Kier molecular flexibility index (Phi) is 4.35. The van der Waals surface area contributed by atoms with Crippen molar-refractivity contribution in [2.45, 2.75) is 31.4 Å². The summed E-state index contributed by atoms with van der Waals surface area (Å²) in [5.41, 5.74) is 2.40. The van der Waals surface area contributed by atoms with E-state index in [-0.39, 0.29) is 17.9 Å². The maximum atomic E-state index is 12.9. The summed E-state index contributed by atoms with van der Waals surface area (Å²) >= 11 is 0. The van der Waals surface area contributed by atoms with Crippen LogP contribution in [0.5, 0.6) is 5.75 Å². The molecule has 0 spiro atoms. The fourth-order valence-corrected chi connectivity index (χ4v) is 3.52. The molecule has 1 saturated heterocycles. The highest BCUT2D eigenvalue weighted by atomic mass is 19.4. The van der Waals surface area contributed by atoms with Crippen LogP contribution >= 0.6 is 0 Å². The molecule has 2 aliphatic rings. The van der Waals surface area contributed by atoms with Crippen molar-refractivity contribution in [3.8, 4) is 5.75 Å². The number of halogens is 3. The molecule has 2 bridgehead atoms. The zero-order chi connectivity index (χ0) is 19.0. The van der Waals surface area contributed by atoms with Crippen LogP contribution in [0.1, 0.15) is 18.4 Å². The first kappa shape index (κ1) is 17.5. The van der Waals surface area contributed by atoms with E-state index in [1.807, 2.05) is 12.1 Å². The van der Waals surface area contributed by atoms with Crippen molar-refractivity contribution in [1.29, 1.82) is 0 Å². The van der Waals surface area contributed by atoms with Gasteiger partial charge in [0.25, 0.3) is 5.91 Å². The van der Waals surface area contributed by atoms with Crippen molar-refractivity contribution in [2.75, 3.05) is 5.32 Å². The molecule has 2 aromatic rings. The molecular weight excluding hydrogens is 361 g/mol. The lowest BCUT2D eigenvalue weighted by molar-refractivity contribution is -0.274. The number of hydrogen-bond acceptors (Lipinski definition) is 4. The summed E-state index contributed by atoms with van der Waals surface area (Å²) < 4.78 is 46.9. The maximum Gasteiger partial charge on any atom is 0.573 e. The molecule has 1 fully saturated rings. The summed E-state index contributed by atoms with van der Waals surface area (Å²) in [5, 5.41) is 2.65. The lowest BCUT2D eigenvalue weighted by Crippen LogP contribution is -2.23. The number of pyridine rings is 1. The van der Waals surface area contributed by atoms with Gasteiger partial charge in [-0.25, -0.2) is 0 Å². The van der Waals surface area contributed by atoms with E-state index in [4.69, 9.17) is 4.74 Å². The second-order valence-electron chi connectivity index (χ2n) is 6.28. The minimum atomic E-state index is -4.79. The summed E-state index contributed by atoms with van der Waals surface area (Å²) in [6.07, 6.45) is -0.416. The third kappa shape index (κ3) is 3.66. The third-order valence-electron chi connectivity index (χ3n) is 4.52. The quantitative estimate of drug-likeness (QED) is 0.878. The average molecular weight is 376 g/mol. The van der Waals surface area contributed by atoms with Crippen LogP contribution in [0.3, 0.4) is 0 Å². The predicted octanol–water partition coefficient (Wildman–Crippen LogP) is 3.93. The number of carbonyl (C=O) groups is 1. The Bertz CT molecular complexity index is 897. The first-order valence-electron chi connectivity index (χ1n) is 8.38. The van der Waals surface area contributed by atoms with Gasteiger partial charge in [0.1, 0.15) is 5.75 Å². The van der Waals surface area contributed by atoms with E-state index in [1.165, 1.54) is 18.2 Å². The van der Waals surface area contributed by atoms with Crippen molar-refractivity contribution in [3.63, 3.8) is 0 Å². The third-order valence-corrected chi connectivity index (χ3v) is 4.52. The summed E-state index contributed by atoms with van der Waals surface area (Å²) in [7, 11) is 0. The van der Waals surface area contributed by atoms with Crippen molar-refractivity contribution in [3.05, 3.63) is 59.9 Å². The van der Waals surface area contributed by atoms with Crippen LogP contribution in [-0.2, 0) is 9.53 Å². The van der Waals surface area contributed by atoms with Gasteiger partial charge in [-0.15, -0.1) is 13.2 Å². The number of alkyl halides is 3. The maximum absolute atomic E-state index is 12.9. The SMILES string of the molecule is O=C(Nc1cccc(OC(F)(F)F)c1)C1=C(c2ccncc2)[C@@H]2CCC1O2. The number of aromatic nitrogens is 1. The molecule has 3 heterocycles. The molecule has 0 aliphatic carbocycles. The fraction of sp³-hybridized carbons (Fsp3) is 0.263. The van der Waals surface area contributed by atoms with E-state index in [1.54, 1.807) is 12.4 Å². The molecule has 8 heteroatoms. The predicted molar refractivity (Wildman–Crippen MR) is 90.8 cm³/mol. The minimum Gasteiger partial charge on any atom is -0.406 e. The van der Waals surface area contributed by atoms with Gasteiger partial charge in [-0.1, -0.05) is 6.07 Å². The smallest absolute Gasteiger partial charge is 0.406 e. The number of rotatable bonds is 4. The Hall–Kier alpha value is -2.87. The van der Waals surface area contributed by atoms with Crippen LogP contribution in [0.2, 0.25) is 0 Å². The highest BCUT2D eigenvalue weighted by molar-refractivity contribution is 6.11. The lowest BCUT2D eigenvalue weighted by Gasteiger charge is -2.17. The molecule has 0 radical (unpaired) electrons. The molecule has 4 rings (SSSR count). The highest BCUT2D eigenvalue weighted by Crippen LogP contribution is 2.44. The number of hydrogen-bond donors (Lipinski definition) is 1. The molecule has 1 aromatic heterocycles. The average Bonchev–Trinajstić information content (AvgIpc) is 3.22. The van der Waals surface area contributed by atoms with Crippen LogP contribution in [0.15, 0.2) is 54.4 Å². The second-order valence-corrected chi connectivity index (χ2v) is 6.28. The summed E-state index contributed by atoms with van der Waals surface area (Å²) in [4.78, 5) is 16.8. The van der Waals surface area contributed by atoms with Gasteiger partial charge in [-0.3, -0.25) is 9.78 Å². The molecular formula is C19H15F3N2O3. The van der Waals surface area contributed by atoms with Crippen molar-refractivity contribution in [1.82, 2.24) is 4.98 Å². The van der Waals surface area contributed by atoms with Gasteiger partial charge in [-0.2, -0.15) is 0 Å². The zero-order valence-corrected chi connectivity index (χ0v) is 14.0. The largest absolute Gasteiger partial charge is 0.573 e. The monoisotopic (exact) mass is 376 g/mol. The Morgan fingerprint density at radius 2 is 1.89 bits per heavy atom. The van der Waals surface area contributed by atoms with Gasteiger partial charge in [0.05, 0.1) is 17.8 Å². The number of carbonyl (C=O) groups excluding carboxylic acids is 1. The van der Waals surface area contributed by atoms with Crippen LogP contribution < -0.4 is 10.1 Å². The molecule has 1 N–H and O–H groups in total. The van der Waals surface area contributed by atoms with Gasteiger partial charge in [0, 0.05) is 24.1 Å². The molecule has 1 aromatic carbocycles. The Morgan fingerprint density at radius 3 is 2.63 bits per heavy atom. The molecule has 27 heavy (non-hydrogen) atoms. The van der Waals surface area contributed by atoms with Crippen molar-refractivity contribution in [2.24, 2.45) is 0 Å². The summed E-state index contributed by atoms with van der Waals surface area (Å²) in [6, 6.07) is 8.81. The number of nitrogens with one attached hydrogen (secondary N) is 1. The van der Waals surface area contributed by atoms with Crippen molar-refractivity contribution < 1.29 is 27.4 Å². The zero-order valence-electron chi connectivity index (χ0n) is 14.0. The molecule has 2 atom stereocenters. The summed E-state index contributed by atoms with van der Waals surface area (Å²) in [5.74, 6) is -0.786. The van der Waals surface area contributed by atoms with E-state index in [0.717, 1.165) is 30.0 Å². The molecule has 1 amide bonds. The highest BCUT2D eigenvalue weighted by Gasteiger charge is 2.43. The Labute approximate surface area is 152 Å². The number of nitrogens with zero attached hydrogens (tertiary/aromatic N) is 1. The minimum absolute atomic E-state index is 0.155. The van der Waals surface area contributed by atoms with E-state index >= 15 is 0 Å². The Balaban J connectivity index is 1.61. The van der Waals surface area contributed by atoms with Crippen LogP contribution in [0, 0.1) is 0 Å². The van der Waals surface area contributed by atoms with Gasteiger partial charge in [-0.05, 0) is 48.2 Å². The molecule has 1 unspecified atom stereocenters. The standard InChI is InChI=1S/C19H15F3N2O3/c20-19(21,22)27-13-3-1-2-12(10-13)24-18(25)17-15-5-4-14(26-15)16(17)11-6-8-23-9-7-11/h1-3,6-10,14-15H,4-5H2,(H,24,25)/t14-,15?/m0/s1. The first-order chi connectivity index (χ1) is 12.9. The number of benzene rings is 1. The van der Waals surface area contributed by atoms with E-state index in [2.05, 4.69) is 15.0 Å². The molecule has 140 valence electrons. The van der Waals surface area contributed by atoms with Gasteiger partial charge >= 0.3 is 6.36 Å².